The van der Waals surface area contributed by atoms with E-state index < -0.39 is 20.7 Å². The predicted molar refractivity (Wildman–Crippen MR) is 38.2 cm³/mol. The van der Waals surface area contributed by atoms with Crippen molar-refractivity contribution in [2.24, 2.45) is 0 Å². The van der Waals surface area contributed by atoms with Gasteiger partial charge in [0.2, 0.25) is 6.79 Å². The molecule has 0 aromatic carbocycles. The van der Waals surface area contributed by atoms with Crippen LogP contribution in [-0.4, -0.2) is 29.2 Å². The van der Waals surface area contributed by atoms with Gasteiger partial charge in [0, 0.05) is 6.54 Å². The van der Waals surface area contributed by atoms with E-state index in [4.69, 9.17) is 9.79 Å². The molecule has 0 radical (unpaired) electrons. The minimum atomic E-state index is -4.55. The Hall–Kier alpha value is -0.620. The van der Waals surface area contributed by atoms with Gasteiger partial charge in [0.25, 0.3) is 0 Å². The molecular weight excluding hydrogens is 189 g/mol. The van der Waals surface area contributed by atoms with Crippen LogP contribution in [-0.2, 0) is 13.8 Å². The van der Waals surface area contributed by atoms with Crippen LogP contribution in [0.4, 0.5) is 4.79 Å². The van der Waals surface area contributed by atoms with E-state index in [-0.39, 0.29) is 0 Å². The molecule has 0 aromatic heterocycles. The van der Waals surface area contributed by atoms with Crippen molar-refractivity contribution in [3.8, 4) is 0 Å². The van der Waals surface area contributed by atoms with Crippen molar-refractivity contribution < 1.29 is 28.4 Å². The summed E-state index contributed by atoms with van der Waals surface area (Å²) in [5.74, 6) is 0. The molecule has 0 atom stereocenters. The fourth-order valence-corrected chi connectivity index (χ4v) is 0.534. The quantitative estimate of drug-likeness (QED) is 0.427. The van der Waals surface area contributed by atoms with Crippen LogP contribution >= 0.6 is 7.82 Å². The second-order valence-corrected chi connectivity index (χ2v) is 2.94. The lowest BCUT2D eigenvalue weighted by molar-refractivity contribution is 0.0401. The summed E-state index contributed by atoms with van der Waals surface area (Å²) in [5, 5.41) is 2.24. The first-order chi connectivity index (χ1) is 5.45. The molecular formula is C4H10NO6P. The van der Waals surface area contributed by atoms with E-state index in [2.05, 4.69) is 14.6 Å². The molecule has 0 aliphatic heterocycles. The lowest BCUT2D eigenvalue weighted by Gasteiger charge is -2.06. The maximum atomic E-state index is 10.5. The first-order valence-corrected chi connectivity index (χ1v) is 4.59. The third kappa shape index (κ3) is 7.49. The Morgan fingerprint density at radius 3 is 2.58 bits per heavy atom. The Bertz CT molecular complexity index is 188. The summed E-state index contributed by atoms with van der Waals surface area (Å²) in [6.07, 6.45) is -0.786. The number of hydrogen-bond donors (Lipinski definition) is 3. The number of alkyl carbamates (subject to hydrolysis) is 1. The molecule has 8 heteroatoms. The highest BCUT2D eigenvalue weighted by atomic mass is 31.2. The van der Waals surface area contributed by atoms with Gasteiger partial charge in [-0.15, -0.1) is 0 Å². The third-order valence-corrected chi connectivity index (χ3v) is 1.17. The minimum absolute atomic E-state index is 0.370. The van der Waals surface area contributed by atoms with Crippen LogP contribution < -0.4 is 5.32 Å². The molecule has 0 bridgehead atoms. The smallest absolute Gasteiger partial charge is 0.422 e. The number of rotatable bonds is 4. The van der Waals surface area contributed by atoms with Gasteiger partial charge in [-0.1, -0.05) is 0 Å². The van der Waals surface area contributed by atoms with Crippen LogP contribution in [0.5, 0.6) is 0 Å². The highest BCUT2D eigenvalue weighted by molar-refractivity contribution is 7.46. The highest BCUT2D eigenvalue weighted by Crippen LogP contribution is 2.35. The number of phosphoric ester groups is 1. The normalized spacial score (nSPS) is 10.9. The lowest BCUT2D eigenvalue weighted by Crippen LogP contribution is -2.24. The topological polar surface area (TPSA) is 105 Å². The Morgan fingerprint density at radius 2 is 2.17 bits per heavy atom. The molecule has 0 aliphatic rings. The minimum Gasteiger partial charge on any atom is -0.422 e. The molecule has 72 valence electrons. The van der Waals surface area contributed by atoms with Gasteiger partial charge in [-0.05, 0) is 6.92 Å². The molecule has 0 rings (SSSR count). The van der Waals surface area contributed by atoms with Crippen molar-refractivity contribution in [2.45, 2.75) is 6.92 Å². The van der Waals surface area contributed by atoms with Gasteiger partial charge in [-0.25, -0.2) is 13.9 Å². The molecule has 12 heavy (non-hydrogen) atoms. The van der Waals surface area contributed by atoms with Crippen LogP contribution in [0.3, 0.4) is 0 Å². The van der Waals surface area contributed by atoms with Gasteiger partial charge >= 0.3 is 13.9 Å². The number of nitrogens with one attached hydrogen (secondary N) is 1. The summed E-state index contributed by atoms with van der Waals surface area (Å²) < 4.78 is 18.1. The van der Waals surface area contributed by atoms with E-state index in [0.717, 1.165) is 0 Å². The van der Waals surface area contributed by atoms with E-state index in [1.54, 1.807) is 6.92 Å². The van der Waals surface area contributed by atoms with Gasteiger partial charge in [0.15, 0.2) is 0 Å². The van der Waals surface area contributed by atoms with Crippen LogP contribution in [0.1, 0.15) is 6.92 Å². The number of ether oxygens (including phenoxy) is 1. The predicted octanol–water partition coefficient (Wildman–Crippen LogP) is -0.201. The lowest BCUT2D eigenvalue weighted by atomic mass is 10.8. The van der Waals surface area contributed by atoms with Crippen LogP contribution in [0.15, 0.2) is 0 Å². The van der Waals surface area contributed by atoms with Crippen molar-refractivity contribution in [1.29, 1.82) is 0 Å². The summed E-state index contributed by atoms with van der Waals surface area (Å²) in [6.45, 7) is 1.27. The molecule has 0 unspecified atom stereocenters. The summed E-state index contributed by atoms with van der Waals surface area (Å²) in [6, 6.07) is 0. The second-order valence-electron chi connectivity index (χ2n) is 1.70. The number of hydrogen-bond acceptors (Lipinski definition) is 4. The fraction of sp³-hybridized carbons (Fsp3) is 0.750. The fourth-order valence-electron chi connectivity index (χ4n) is 0.344. The van der Waals surface area contributed by atoms with Crippen molar-refractivity contribution in [3.05, 3.63) is 0 Å². The maximum absolute atomic E-state index is 10.5. The molecule has 0 saturated carbocycles. The van der Waals surface area contributed by atoms with Crippen molar-refractivity contribution in [2.75, 3.05) is 13.3 Å². The Labute approximate surface area is 68.9 Å². The summed E-state index contributed by atoms with van der Waals surface area (Å²) >= 11 is 0. The second kappa shape index (κ2) is 5.10. The number of amides is 1. The zero-order valence-corrected chi connectivity index (χ0v) is 7.28. The Kier molecular flexibility index (Phi) is 4.84. The van der Waals surface area contributed by atoms with E-state index in [1.807, 2.05) is 0 Å². The number of carbonyl (C=O) groups excluding carboxylic acids is 1. The summed E-state index contributed by atoms with van der Waals surface area (Å²) in [5.41, 5.74) is 0. The average Bonchev–Trinajstić information content (AvgIpc) is 1.84. The maximum Gasteiger partial charge on any atom is 0.472 e. The third-order valence-electron chi connectivity index (χ3n) is 0.732. The molecule has 0 aromatic rings. The monoisotopic (exact) mass is 199 g/mol. The van der Waals surface area contributed by atoms with Crippen molar-refractivity contribution in [1.82, 2.24) is 5.32 Å². The molecule has 3 N–H and O–H groups in total. The number of phosphoric acid groups is 1. The van der Waals surface area contributed by atoms with Crippen LogP contribution in [0, 0.1) is 0 Å². The van der Waals surface area contributed by atoms with E-state index in [0.29, 0.717) is 6.54 Å². The SMILES string of the molecule is CCNC(=O)OCOP(=O)(O)O. The highest BCUT2D eigenvalue weighted by Gasteiger charge is 2.14. The van der Waals surface area contributed by atoms with Crippen molar-refractivity contribution >= 4 is 13.9 Å². The van der Waals surface area contributed by atoms with Gasteiger partial charge in [0.05, 0.1) is 0 Å². The Balaban J connectivity index is 3.44. The first-order valence-electron chi connectivity index (χ1n) is 3.06. The summed E-state index contributed by atoms with van der Waals surface area (Å²) in [4.78, 5) is 26.7. The molecule has 0 fully saturated rings. The molecule has 1 amide bonds. The van der Waals surface area contributed by atoms with Gasteiger partial charge in [0.1, 0.15) is 0 Å². The molecule has 7 nitrogen and oxygen atoms in total. The van der Waals surface area contributed by atoms with Crippen LogP contribution in [0.2, 0.25) is 0 Å². The first kappa shape index (κ1) is 11.4. The standard InChI is InChI=1S/C4H10NO6P/c1-2-5-4(6)10-3-11-12(7,8)9/h2-3H2,1H3,(H,5,6)(H2,7,8,9). The average molecular weight is 199 g/mol. The van der Waals surface area contributed by atoms with Gasteiger partial charge in [-0.3, -0.25) is 0 Å². The number of carbonyl (C=O) groups is 1. The molecule has 0 heterocycles. The van der Waals surface area contributed by atoms with E-state index >= 15 is 0 Å². The van der Waals surface area contributed by atoms with Crippen LogP contribution in [0.25, 0.3) is 0 Å². The zero-order valence-electron chi connectivity index (χ0n) is 6.39. The molecule has 0 spiro atoms. The molecule has 0 saturated heterocycles. The largest absolute Gasteiger partial charge is 0.472 e. The van der Waals surface area contributed by atoms with Crippen molar-refractivity contribution in [3.63, 3.8) is 0 Å². The summed E-state index contributed by atoms with van der Waals surface area (Å²) in [7, 11) is -4.55. The van der Waals surface area contributed by atoms with E-state index in [1.165, 1.54) is 0 Å². The molecule has 0 aliphatic carbocycles. The van der Waals surface area contributed by atoms with Gasteiger partial charge in [-0.2, -0.15) is 0 Å². The Morgan fingerprint density at radius 1 is 1.58 bits per heavy atom. The zero-order chi connectivity index (χ0) is 9.61. The van der Waals surface area contributed by atoms with Gasteiger partial charge < -0.3 is 19.8 Å². The van der Waals surface area contributed by atoms with E-state index in [9.17, 15) is 9.36 Å².